The summed E-state index contributed by atoms with van der Waals surface area (Å²) in [5.41, 5.74) is 1.34. The van der Waals surface area contributed by atoms with Crippen molar-refractivity contribution in [3.63, 3.8) is 0 Å². The van der Waals surface area contributed by atoms with Crippen molar-refractivity contribution in [1.82, 2.24) is 4.31 Å². The Morgan fingerprint density at radius 3 is 2.79 bits per heavy atom. The van der Waals surface area contributed by atoms with E-state index in [4.69, 9.17) is 5.11 Å². The van der Waals surface area contributed by atoms with Crippen molar-refractivity contribution in [2.45, 2.75) is 30.9 Å². The van der Waals surface area contributed by atoms with Gasteiger partial charge in [0, 0.05) is 18.8 Å². The minimum absolute atomic E-state index is 0.0761. The number of hydrogen-bond acceptors (Lipinski definition) is 4. The molecule has 1 aliphatic rings. The first-order valence-corrected chi connectivity index (χ1v) is 8.82. The third-order valence-corrected chi connectivity index (χ3v) is 6.71. The SMILES string of the molecule is Cc1ccc(CO)cc1S(=O)(=O)N(C)C1CCSC1. The zero-order chi connectivity index (χ0) is 14.0. The van der Waals surface area contributed by atoms with Crippen LogP contribution in [0.3, 0.4) is 0 Å². The van der Waals surface area contributed by atoms with Gasteiger partial charge in [0.25, 0.3) is 0 Å². The molecule has 0 spiro atoms. The second-order valence-electron chi connectivity index (χ2n) is 4.80. The summed E-state index contributed by atoms with van der Waals surface area (Å²) in [4.78, 5) is 0.304. The van der Waals surface area contributed by atoms with Crippen LogP contribution in [-0.4, -0.2) is 42.4 Å². The average molecular weight is 301 g/mol. The lowest BCUT2D eigenvalue weighted by molar-refractivity contribution is 0.281. The molecule has 1 aromatic rings. The van der Waals surface area contributed by atoms with Crippen molar-refractivity contribution in [3.05, 3.63) is 29.3 Å². The third kappa shape index (κ3) is 2.97. The molecule has 1 heterocycles. The van der Waals surface area contributed by atoms with Gasteiger partial charge < -0.3 is 5.11 Å². The summed E-state index contributed by atoms with van der Waals surface area (Å²) in [6, 6.07) is 5.14. The van der Waals surface area contributed by atoms with Crippen molar-refractivity contribution in [2.75, 3.05) is 18.6 Å². The predicted octanol–water partition coefficient (Wildman–Crippen LogP) is 1.61. The Bertz CT molecular complexity index is 551. The molecule has 1 unspecified atom stereocenters. The summed E-state index contributed by atoms with van der Waals surface area (Å²) in [5, 5.41) is 9.16. The number of nitrogens with zero attached hydrogens (tertiary/aromatic N) is 1. The highest BCUT2D eigenvalue weighted by atomic mass is 32.2. The summed E-state index contributed by atoms with van der Waals surface area (Å²) in [6.07, 6.45) is 0.902. The van der Waals surface area contributed by atoms with Gasteiger partial charge in [-0.3, -0.25) is 0 Å². The lowest BCUT2D eigenvalue weighted by Crippen LogP contribution is -2.37. The minimum Gasteiger partial charge on any atom is -0.392 e. The van der Waals surface area contributed by atoms with Crippen LogP contribution in [0.4, 0.5) is 0 Å². The molecule has 4 nitrogen and oxygen atoms in total. The summed E-state index contributed by atoms with van der Waals surface area (Å²) in [5.74, 6) is 1.87. The van der Waals surface area contributed by atoms with Crippen molar-refractivity contribution in [2.24, 2.45) is 0 Å². The van der Waals surface area contributed by atoms with E-state index in [0.29, 0.717) is 10.5 Å². The molecule has 1 N–H and O–H groups in total. The maximum absolute atomic E-state index is 12.6. The molecule has 0 amide bonds. The number of thioether (sulfide) groups is 1. The zero-order valence-electron chi connectivity index (χ0n) is 11.2. The van der Waals surface area contributed by atoms with Gasteiger partial charge in [0.15, 0.2) is 0 Å². The molecule has 2 rings (SSSR count). The molecule has 0 bridgehead atoms. The number of rotatable bonds is 4. The van der Waals surface area contributed by atoms with Crippen LogP contribution in [0.1, 0.15) is 17.5 Å². The summed E-state index contributed by atoms with van der Waals surface area (Å²) in [6.45, 7) is 1.64. The summed E-state index contributed by atoms with van der Waals surface area (Å²) < 4.78 is 26.8. The van der Waals surface area contributed by atoms with Crippen molar-refractivity contribution in [1.29, 1.82) is 0 Å². The van der Waals surface area contributed by atoms with E-state index in [1.807, 2.05) is 0 Å². The van der Waals surface area contributed by atoms with Crippen LogP contribution in [0.15, 0.2) is 23.1 Å². The standard InChI is InChI=1S/C13H19NO3S2/c1-10-3-4-11(8-15)7-13(10)19(16,17)14(2)12-5-6-18-9-12/h3-4,7,12,15H,5-6,8-9H2,1-2H3. The second kappa shape index (κ2) is 5.83. The lowest BCUT2D eigenvalue weighted by atomic mass is 10.2. The summed E-state index contributed by atoms with van der Waals surface area (Å²) in [7, 11) is -1.83. The molecule has 1 fully saturated rings. The van der Waals surface area contributed by atoms with Crippen LogP contribution in [0.25, 0.3) is 0 Å². The van der Waals surface area contributed by atoms with E-state index in [9.17, 15) is 8.42 Å². The Morgan fingerprint density at radius 1 is 1.47 bits per heavy atom. The third-order valence-electron chi connectivity index (χ3n) is 3.51. The Labute approximate surface area is 118 Å². The van der Waals surface area contributed by atoms with Crippen LogP contribution < -0.4 is 0 Å². The van der Waals surface area contributed by atoms with Gasteiger partial charge in [-0.25, -0.2) is 8.42 Å². The van der Waals surface area contributed by atoms with E-state index in [0.717, 1.165) is 23.5 Å². The smallest absolute Gasteiger partial charge is 0.243 e. The Balaban J connectivity index is 2.38. The number of benzene rings is 1. The lowest BCUT2D eigenvalue weighted by Gasteiger charge is -2.24. The molecule has 0 aromatic heterocycles. The maximum atomic E-state index is 12.6. The van der Waals surface area contributed by atoms with Crippen LogP contribution in [0, 0.1) is 6.92 Å². The minimum atomic E-state index is -3.48. The highest BCUT2D eigenvalue weighted by Crippen LogP contribution is 2.28. The molecular weight excluding hydrogens is 282 g/mol. The maximum Gasteiger partial charge on any atom is 0.243 e. The van der Waals surface area contributed by atoms with Crippen LogP contribution in [-0.2, 0) is 16.6 Å². The molecule has 1 aliphatic heterocycles. The quantitative estimate of drug-likeness (QED) is 0.918. The molecule has 1 atom stereocenters. The van der Waals surface area contributed by atoms with Gasteiger partial charge in [-0.15, -0.1) is 0 Å². The molecule has 6 heteroatoms. The first kappa shape index (κ1) is 14.8. The van der Waals surface area contributed by atoms with E-state index in [1.165, 1.54) is 4.31 Å². The normalized spacial score (nSPS) is 20.1. The van der Waals surface area contributed by atoms with Gasteiger partial charge in [-0.05, 0) is 36.3 Å². The Kier molecular flexibility index (Phi) is 4.55. The highest BCUT2D eigenvalue weighted by Gasteiger charge is 2.31. The van der Waals surface area contributed by atoms with Gasteiger partial charge >= 0.3 is 0 Å². The molecular formula is C13H19NO3S2. The van der Waals surface area contributed by atoms with Crippen LogP contribution in [0.5, 0.6) is 0 Å². The van der Waals surface area contributed by atoms with Crippen molar-refractivity contribution < 1.29 is 13.5 Å². The van der Waals surface area contributed by atoms with Crippen LogP contribution in [0.2, 0.25) is 0 Å². The number of sulfonamides is 1. The number of aliphatic hydroxyl groups is 1. The van der Waals surface area contributed by atoms with E-state index in [1.54, 1.807) is 43.9 Å². The van der Waals surface area contributed by atoms with E-state index in [2.05, 4.69) is 0 Å². The molecule has 0 saturated carbocycles. The van der Waals surface area contributed by atoms with Gasteiger partial charge in [-0.1, -0.05) is 12.1 Å². The number of aliphatic hydroxyl groups excluding tert-OH is 1. The van der Waals surface area contributed by atoms with E-state index >= 15 is 0 Å². The monoisotopic (exact) mass is 301 g/mol. The van der Waals surface area contributed by atoms with Gasteiger partial charge in [0.1, 0.15) is 0 Å². The molecule has 19 heavy (non-hydrogen) atoms. The largest absolute Gasteiger partial charge is 0.392 e. The van der Waals surface area contributed by atoms with Crippen molar-refractivity contribution >= 4 is 21.8 Å². The van der Waals surface area contributed by atoms with E-state index in [-0.39, 0.29) is 12.6 Å². The summed E-state index contributed by atoms with van der Waals surface area (Å²) >= 11 is 1.79. The van der Waals surface area contributed by atoms with Gasteiger partial charge in [-0.2, -0.15) is 16.1 Å². The fraction of sp³-hybridized carbons (Fsp3) is 0.538. The molecule has 0 radical (unpaired) electrons. The first-order chi connectivity index (χ1) is 8.96. The number of hydrogen-bond donors (Lipinski definition) is 1. The second-order valence-corrected chi connectivity index (χ2v) is 7.91. The topological polar surface area (TPSA) is 57.6 Å². The van der Waals surface area contributed by atoms with Gasteiger partial charge in [0.2, 0.25) is 10.0 Å². The Hall–Kier alpha value is -0.560. The van der Waals surface area contributed by atoms with E-state index < -0.39 is 10.0 Å². The molecule has 0 aliphatic carbocycles. The Morgan fingerprint density at radius 2 is 2.21 bits per heavy atom. The molecule has 106 valence electrons. The van der Waals surface area contributed by atoms with Gasteiger partial charge in [0.05, 0.1) is 11.5 Å². The average Bonchev–Trinajstić information content (AvgIpc) is 2.92. The van der Waals surface area contributed by atoms with Crippen LogP contribution >= 0.6 is 11.8 Å². The first-order valence-electron chi connectivity index (χ1n) is 6.23. The van der Waals surface area contributed by atoms with Crippen molar-refractivity contribution in [3.8, 4) is 0 Å². The zero-order valence-corrected chi connectivity index (χ0v) is 12.8. The fourth-order valence-corrected chi connectivity index (χ4v) is 5.20. The highest BCUT2D eigenvalue weighted by molar-refractivity contribution is 7.99. The molecule has 1 saturated heterocycles. The molecule has 1 aromatic carbocycles. The predicted molar refractivity (Wildman–Crippen MR) is 77.8 cm³/mol. The fourth-order valence-electron chi connectivity index (χ4n) is 2.18. The number of aryl methyl sites for hydroxylation is 1.